The van der Waals surface area contributed by atoms with E-state index in [1.165, 1.54) is 26.4 Å². The molecular weight excluding hydrogens is 303 g/mol. The Balaban J connectivity index is 1.95. The van der Waals surface area contributed by atoms with Crippen LogP contribution in [0.5, 0.6) is 5.75 Å². The van der Waals surface area contributed by atoms with E-state index < -0.39 is 5.82 Å². The van der Waals surface area contributed by atoms with E-state index in [2.05, 4.69) is 0 Å². The number of ether oxygens (including phenoxy) is 2. The summed E-state index contributed by atoms with van der Waals surface area (Å²) in [6.45, 7) is 2.03. The second-order valence-electron chi connectivity index (χ2n) is 5.34. The molecule has 0 aromatic heterocycles. The van der Waals surface area contributed by atoms with E-state index in [0.717, 1.165) is 0 Å². The van der Waals surface area contributed by atoms with Crippen LogP contribution < -0.4 is 4.74 Å². The molecule has 126 valence electrons. The second-order valence-corrected chi connectivity index (χ2v) is 5.34. The van der Waals surface area contributed by atoms with Gasteiger partial charge in [-0.3, -0.25) is 4.79 Å². The maximum Gasteiger partial charge on any atom is 0.409 e. The Kier molecular flexibility index (Phi) is 5.78. The number of rotatable bonds is 3. The van der Waals surface area contributed by atoms with Crippen LogP contribution in [0, 0.1) is 5.82 Å². The Morgan fingerprint density at radius 1 is 1.13 bits per heavy atom. The molecule has 1 heterocycles. The summed E-state index contributed by atoms with van der Waals surface area (Å²) < 4.78 is 23.2. The van der Waals surface area contributed by atoms with Crippen LogP contribution in [0.2, 0.25) is 0 Å². The molecule has 1 aliphatic heterocycles. The number of halogens is 1. The number of hydrogen-bond donors (Lipinski definition) is 0. The molecular formula is C16H21FN2O4. The molecule has 1 saturated heterocycles. The van der Waals surface area contributed by atoms with Crippen molar-refractivity contribution >= 4 is 12.0 Å². The van der Waals surface area contributed by atoms with Gasteiger partial charge < -0.3 is 19.3 Å². The van der Waals surface area contributed by atoms with Crippen LogP contribution in [-0.4, -0.2) is 62.2 Å². The maximum absolute atomic E-state index is 13.7. The Bertz CT molecular complexity index is 579. The lowest BCUT2D eigenvalue weighted by atomic mass is 10.1. The minimum atomic E-state index is -0.481. The average molecular weight is 324 g/mol. The van der Waals surface area contributed by atoms with Crippen molar-refractivity contribution in [3.8, 4) is 5.75 Å². The molecule has 1 aromatic rings. The molecule has 1 fully saturated rings. The van der Waals surface area contributed by atoms with Crippen molar-refractivity contribution in [2.75, 3.05) is 40.4 Å². The normalized spacial score (nSPS) is 15.1. The number of carbonyl (C=O) groups is 2. The largest absolute Gasteiger partial charge is 0.494 e. The van der Waals surface area contributed by atoms with E-state index in [4.69, 9.17) is 9.47 Å². The second kappa shape index (κ2) is 7.80. The molecule has 0 radical (unpaired) electrons. The SMILES string of the molecule is COC(=O)N1CCCN(C(=O)Cc2ccc(OC)c(F)c2)CC1. The van der Waals surface area contributed by atoms with Gasteiger partial charge in [-0.05, 0) is 24.1 Å². The van der Waals surface area contributed by atoms with Crippen molar-refractivity contribution in [3.63, 3.8) is 0 Å². The third-order valence-electron chi connectivity index (χ3n) is 3.85. The van der Waals surface area contributed by atoms with Gasteiger partial charge in [-0.15, -0.1) is 0 Å². The van der Waals surface area contributed by atoms with Gasteiger partial charge in [0, 0.05) is 26.2 Å². The highest BCUT2D eigenvalue weighted by Gasteiger charge is 2.22. The van der Waals surface area contributed by atoms with Crippen molar-refractivity contribution in [2.24, 2.45) is 0 Å². The van der Waals surface area contributed by atoms with Gasteiger partial charge in [0.25, 0.3) is 0 Å². The summed E-state index contributed by atoms with van der Waals surface area (Å²) >= 11 is 0. The monoisotopic (exact) mass is 324 g/mol. The lowest BCUT2D eigenvalue weighted by Crippen LogP contribution is -2.37. The van der Waals surface area contributed by atoms with E-state index in [9.17, 15) is 14.0 Å². The van der Waals surface area contributed by atoms with Gasteiger partial charge in [0.15, 0.2) is 11.6 Å². The standard InChI is InChI=1S/C16H21FN2O4/c1-22-14-5-4-12(10-13(14)17)11-15(20)18-6-3-7-19(9-8-18)16(21)23-2/h4-5,10H,3,6-9,11H2,1-2H3. The molecule has 2 rings (SSSR count). The summed E-state index contributed by atoms with van der Waals surface area (Å²) in [6.07, 6.45) is 0.438. The lowest BCUT2D eigenvalue weighted by molar-refractivity contribution is -0.130. The first kappa shape index (κ1) is 17.1. The fourth-order valence-corrected chi connectivity index (χ4v) is 2.58. The predicted octanol–water partition coefficient (Wildman–Crippen LogP) is 1.68. The van der Waals surface area contributed by atoms with E-state index in [1.807, 2.05) is 0 Å². The number of hydrogen-bond acceptors (Lipinski definition) is 4. The number of benzene rings is 1. The molecule has 0 atom stereocenters. The zero-order valence-corrected chi connectivity index (χ0v) is 13.4. The average Bonchev–Trinajstić information content (AvgIpc) is 2.80. The topological polar surface area (TPSA) is 59.1 Å². The summed E-state index contributed by atoms with van der Waals surface area (Å²) in [5, 5.41) is 0. The van der Waals surface area contributed by atoms with Crippen molar-refractivity contribution in [2.45, 2.75) is 12.8 Å². The highest BCUT2D eigenvalue weighted by atomic mass is 19.1. The first-order valence-electron chi connectivity index (χ1n) is 7.48. The van der Waals surface area contributed by atoms with E-state index in [-0.39, 0.29) is 24.2 Å². The number of methoxy groups -OCH3 is 2. The minimum absolute atomic E-state index is 0.0821. The lowest BCUT2D eigenvalue weighted by Gasteiger charge is -2.21. The van der Waals surface area contributed by atoms with Crippen molar-refractivity contribution in [1.29, 1.82) is 0 Å². The molecule has 23 heavy (non-hydrogen) atoms. The fraction of sp³-hybridized carbons (Fsp3) is 0.500. The fourth-order valence-electron chi connectivity index (χ4n) is 2.58. The van der Waals surface area contributed by atoms with Crippen LogP contribution in [0.3, 0.4) is 0 Å². The van der Waals surface area contributed by atoms with Crippen LogP contribution in [0.25, 0.3) is 0 Å². The van der Waals surface area contributed by atoms with Crippen LogP contribution in [0.4, 0.5) is 9.18 Å². The van der Waals surface area contributed by atoms with Crippen molar-refractivity contribution in [3.05, 3.63) is 29.6 Å². The van der Waals surface area contributed by atoms with Gasteiger partial charge in [0.2, 0.25) is 5.91 Å². The van der Waals surface area contributed by atoms with Gasteiger partial charge in [-0.25, -0.2) is 9.18 Å². The van der Waals surface area contributed by atoms with Crippen LogP contribution in [0.1, 0.15) is 12.0 Å². The molecule has 0 aliphatic carbocycles. The maximum atomic E-state index is 13.7. The third-order valence-corrected chi connectivity index (χ3v) is 3.85. The highest BCUT2D eigenvalue weighted by molar-refractivity contribution is 5.79. The molecule has 0 spiro atoms. The van der Waals surface area contributed by atoms with E-state index in [0.29, 0.717) is 38.2 Å². The van der Waals surface area contributed by atoms with Gasteiger partial charge in [0.05, 0.1) is 20.6 Å². The molecule has 1 aromatic carbocycles. The first-order chi connectivity index (χ1) is 11.0. The zero-order valence-electron chi connectivity index (χ0n) is 13.4. The zero-order chi connectivity index (χ0) is 16.8. The molecule has 0 saturated carbocycles. The Hall–Kier alpha value is -2.31. The molecule has 0 unspecified atom stereocenters. The number of nitrogens with zero attached hydrogens (tertiary/aromatic N) is 2. The van der Waals surface area contributed by atoms with Gasteiger partial charge in [0.1, 0.15) is 0 Å². The summed E-state index contributed by atoms with van der Waals surface area (Å²) in [4.78, 5) is 27.2. The van der Waals surface area contributed by atoms with Crippen LogP contribution in [-0.2, 0) is 16.0 Å². The molecule has 0 bridgehead atoms. The molecule has 7 heteroatoms. The smallest absolute Gasteiger partial charge is 0.409 e. The van der Waals surface area contributed by atoms with Crippen molar-refractivity contribution < 1.29 is 23.5 Å². The van der Waals surface area contributed by atoms with E-state index in [1.54, 1.807) is 15.9 Å². The number of carbonyl (C=O) groups excluding carboxylic acids is 2. The van der Waals surface area contributed by atoms with Crippen LogP contribution >= 0.6 is 0 Å². The molecule has 1 aliphatic rings. The van der Waals surface area contributed by atoms with Gasteiger partial charge in [-0.1, -0.05) is 6.07 Å². The molecule has 0 N–H and O–H groups in total. The summed E-state index contributed by atoms with van der Waals surface area (Å²) in [5.74, 6) is -0.406. The molecule has 6 nitrogen and oxygen atoms in total. The summed E-state index contributed by atoms with van der Waals surface area (Å²) in [5.41, 5.74) is 0.599. The Morgan fingerprint density at radius 2 is 1.83 bits per heavy atom. The minimum Gasteiger partial charge on any atom is -0.494 e. The highest BCUT2D eigenvalue weighted by Crippen LogP contribution is 2.18. The third kappa shape index (κ3) is 4.34. The summed E-state index contributed by atoms with van der Waals surface area (Å²) in [6, 6.07) is 4.51. The van der Waals surface area contributed by atoms with Crippen LogP contribution in [0.15, 0.2) is 18.2 Å². The first-order valence-corrected chi connectivity index (χ1v) is 7.48. The Morgan fingerprint density at radius 3 is 2.48 bits per heavy atom. The van der Waals surface area contributed by atoms with Gasteiger partial charge >= 0.3 is 6.09 Å². The Labute approximate surface area is 134 Å². The van der Waals surface area contributed by atoms with Crippen molar-refractivity contribution in [1.82, 2.24) is 9.80 Å². The van der Waals surface area contributed by atoms with Gasteiger partial charge in [-0.2, -0.15) is 0 Å². The van der Waals surface area contributed by atoms with E-state index >= 15 is 0 Å². The quantitative estimate of drug-likeness (QED) is 0.849. The number of amides is 2. The molecule has 2 amide bonds. The predicted molar refractivity (Wildman–Crippen MR) is 81.8 cm³/mol. The summed E-state index contributed by atoms with van der Waals surface area (Å²) in [7, 11) is 2.74.